The van der Waals surface area contributed by atoms with Crippen LogP contribution in [-0.4, -0.2) is 15.8 Å². The first kappa shape index (κ1) is 11.2. The Morgan fingerprint density at radius 3 is 2.33 bits per heavy atom. The first-order chi connectivity index (χ1) is 8.74. The Balaban J connectivity index is 1.84. The third-order valence-electron chi connectivity index (χ3n) is 3.06. The zero-order chi connectivity index (χ0) is 12.5. The molecule has 4 heteroatoms. The molecule has 0 N–H and O–H groups in total. The molecule has 0 saturated carbocycles. The predicted molar refractivity (Wildman–Crippen MR) is 69.3 cm³/mol. The standard InChI is InChI=1S/C14H11ClN2O/c15-13-7-3-6-12(16-13)14(18)17-8-10-4-1-2-5-11(10)9-17/h1-7H,8-9H2. The fourth-order valence-electron chi connectivity index (χ4n) is 2.17. The number of aromatic nitrogens is 1. The molecule has 2 aromatic rings. The third kappa shape index (κ3) is 1.97. The van der Waals surface area contributed by atoms with E-state index >= 15 is 0 Å². The molecule has 0 radical (unpaired) electrons. The molecule has 3 nitrogen and oxygen atoms in total. The van der Waals surface area contributed by atoms with Crippen molar-refractivity contribution in [1.82, 2.24) is 9.88 Å². The number of benzene rings is 1. The van der Waals surface area contributed by atoms with E-state index in [9.17, 15) is 4.79 Å². The van der Waals surface area contributed by atoms with Crippen LogP contribution in [0.3, 0.4) is 0 Å². The Bertz CT molecular complexity index is 587. The number of fused-ring (bicyclic) bond motifs is 1. The number of pyridine rings is 1. The number of nitrogens with zero attached hydrogens (tertiary/aromatic N) is 2. The summed E-state index contributed by atoms with van der Waals surface area (Å²) in [6, 6.07) is 13.2. The Labute approximate surface area is 110 Å². The molecule has 0 unspecified atom stereocenters. The van der Waals surface area contributed by atoms with Crippen molar-refractivity contribution in [2.45, 2.75) is 13.1 Å². The highest BCUT2D eigenvalue weighted by molar-refractivity contribution is 6.29. The molecule has 0 spiro atoms. The van der Waals surface area contributed by atoms with Crippen LogP contribution in [0.4, 0.5) is 0 Å². The molecule has 1 aliphatic rings. The van der Waals surface area contributed by atoms with Gasteiger partial charge >= 0.3 is 0 Å². The zero-order valence-corrected chi connectivity index (χ0v) is 10.4. The van der Waals surface area contributed by atoms with Crippen LogP contribution >= 0.6 is 11.6 Å². The topological polar surface area (TPSA) is 33.2 Å². The number of halogens is 1. The Kier molecular flexibility index (Phi) is 2.76. The van der Waals surface area contributed by atoms with Crippen molar-refractivity contribution in [3.05, 3.63) is 64.4 Å². The summed E-state index contributed by atoms with van der Waals surface area (Å²) < 4.78 is 0. The maximum absolute atomic E-state index is 12.3. The van der Waals surface area contributed by atoms with Gasteiger partial charge in [0.2, 0.25) is 0 Å². The van der Waals surface area contributed by atoms with Crippen molar-refractivity contribution < 1.29 is 4.79 Å². The molecule has 0 fully saturated rings. The lowest BCUT2D eigenvalue weighted by atomic mass is 10.1. The highest BCUT2D eigenvalue weighted by atomic mass is 35.5. The Morgan fingerprint density at radius 2 is 1.72 bits per heavy atom. The summed E-state index contributed by atoms with van der Waals surface area (Å²) in [5.74, 6) is -0.0753. The normalized spacial score (nSPS) is 13.5. The minimum Gasteiger partial charge on any atom is -0.329 e. The maximum Gasteiger partial charge on any atom is 0.273 e. The van der Waals surface area contributed by atoms with Gasteiger partial charge in [-0.2, -0.15) is 0 Å². The summed E-state index contributed by atoms with van der Waals surface area (Å²) in [7, 11) is 0. The fraction of sp³-hybridized carbons (Fsp3) is 0.143. The first-order valence-corrected chi connectivity index (χ1v) is 6.10. The highest BCUT2D eigenvalue weighted by Crippen LogP contribution is 2.23. The third-order valence-corrected chi connectivity index (χ3v) is 3.27. The summed E-state index contributed by atoms with van der Waals surface area (Å²) >= 11 is 5.80. The molecule has 0 aliphatic carbocycles. The van der Waals surface area contributed by atoms with Crippen molar-refractivity contribution in [1.29, 1.82) is 0 Å². The molecule has 1 aromatic carbocycles. The van der Waals surface area contributed by atoms with E-state index in [-0.39, 0.29) is 5.91 Å². The van der Waals surface area contributed by atoms with Gasteiger partial charge in [0.25, 0.3) is 5.91 Å². The second-order valence-corrected chi connectivity index (χ2v) is 4.66. The van der Waals surface area contributed by atoms with Gasteiger partial charge in [0.15, 0.2) is 0 Å². The first-order valence-electron chi connectivity index (χ1n) is 5.72. The van der Waals surface area contributed by atoms with Crippen LogP contribution in [0, 0.1) is 0 Å². The summed E-state index contributed by atoms with van der Waals surface area (Å²) in [6.07, 6.45) is 0. The van der Waals surface area contributed by atoms with E-state index in [1.165, 1.54) is 11.1 Å². The molecule has 0 bridgehead atoms. The average Bonchev–Trinajstić information content (AvgIpc) is 2.81. The predicted octanol–water partition coefficient (Wildman–Crippen LogP) is 2.89. The molecular formula is C14H11ClN2O. The van der Waals surface area contributed by atoms with Gasteiger partial charge < -0.3 is 4.90 Å². The van der Waals surface area contributed by atoms with Gasteiger partial charge in [-0.3, -0.25) is 4.79 Å². The van der Waals surface area contributed by atoms with Crippen LogP contribution in [0.1, 0.15) is 21.6 Å². The van der Waals surface area contributed by atoms with E-state index in [1.54, 1.807) is 23.1 Å². The van der Waals surface area contributed by atoms with Gasteiger partial charge in [-0.05, 0) is 23.3 Å². The van der Waals surface area contributed by atoms with Crippen LogP contribution in [0.2, 0.25) is 5.15 Å². The monoisotopic (exact) mass is 258 g/mol. The number of hydrogen-bond acceptors (Lipinski definition) is 2. The smallest absolute Gasteiger partial charge is 0.273 e. The van der Waals surface area contributed by atoms with Crippen LogP contribution in [0.25, 0.3) is 0 Å². The Hall–Kier alpha value is -1.87. The summed E-state index contributed by atoms with van der Waals surface area (Å²) in [5.41, 5.74) is 2.80. The zero-order valence-electron chi connectivity index (χ0n) is 9.64. The van der Waals surface area contributed by atoms with Gasteiger partial charge in [-0.25, -0.2) is 4.98 Å². The van der Waals surface area contributed by atoms with Crippen LogP contribution < -0.4 is 0 Å². The molecule has 1 aliphatic heterocycles. The van der Waals surface area contributed by atoms with Gasteiger partial charge in [-0.1, -0.05) is 41.9 Å². The van der Waals surface area contributed by atoms with E-state index < -0.39 is 0 Å². The lowest BCUT2D eigenvalue weighted by Gasteiger charge is -2.14. The second-order valence-electron chi connectivity index (χ2n) is 4.28. The van der Waals surface area contributed by atoms with E-state index in [2.05, 4.69) is 4.98 Å². The molecule has 2 heterocycles. The van der Waals surface area contributed by atoms with E-state index in [0.29, 0.717) is 23.9 Å². The Morgan fingerprint density at radius 1 is 1.06 bits per heavy atom. The summed E-state index contributed by atoms with van der Waals surface area (Å²) in [4.78, 5) is 18.1. The van der Waals surface area contributed by atoms with Crippen molar-refractivity contribution in [2.24, 2.45) is 0 Å². The molecule has 0 atom stereocenters. The van der Waals surface area contributed by atoms with E-state index in [4.69, 9.17) is 11.6 Å². The van der Waals surface area contributed by atoms with E-state index in [0.717, 1.165) is 0 Å². The quantitative estimate of drug-likeness (QED) is 0.737. The second kappa shape index (κ2) is 4.42. The summed E-state index contributed by atoms with van der Waals surface area (Å²) in [5, 5.41) is 0.345. The SMILES string of the molecule is O=C(c1cccc(Cl)n1)N1Cc2ccccc2C1. The largest absolute Gasteiger partial charge is 0.329 e. The molecule has 0 saturated heterocycles. The van der Waals surface area contributed by atoms with Crippen LogP contribution in [-0.2, 0) is 13.1 Å². The number of hydrogen-bond donors (Lipinski definition) is 0. The average molecular weight is 259 g/mol. The van der Waals surface area contributed by atoms with Crippen molar-refractivity contribution in [2.75, 3.05) is 0 Å². The minimum atomic E-state index is -0.0753. The van der Waals surface area contributed by atoms with Crippen LogP contribution in [0.15, 0.2) is 42.5 Å². The maximum atomic E-state index is 12.3. The highest BCUT2D eigenvalue weighted by Gasteiger charge is 2.24. The number of carbonyl (C=O) groups excluding carboxylic acids is 1. The number of amides is 1. The molecule has 90 valence electrons. The summed E-state index contributed by atoms with van der Waals surface area (Å²) in [6.45, 7) is 1.28. The van der Waals surface area contributed by atoms with Gasteiger partial charge in [-0.15, -0.1) is 0 Å². The van der Waals surface area contributed by atoms with Crippen molar-refractivity contribution >= 4 is 17.5 Å². The number of carbonyl (C=O) groups is 1. The minimum absolute atomic E-state index is 0.0753. The molecule has 18 heavy (non-hydrogen) atoms. The van der Waals surface area contributed by atoms with Crippen LogP contribution in [0.5, 0.6) is 0 Å². The van der Waals surface area contributed by atoms with Gasteiger partial charge in [0.1, 0.15) is 10.8 Å². The van der Waals surface area contributed by atoms with Gasteiger partial charge in [0.05, 0.1) is 0 Å². The van der Waals surface area contributed by atoms with Crippen molar-refractivity contribution in [3.8, 4) is 0 Å². The molecule has 3 rings (SSSR count). The lowest BCUT2D eigenvalue weighted by Crippen LogP contribution is -2.26. The molecule has 1 aromatic heterocycles. The molecule has 1 amide bonds. The fourth-order valence-corrected chi connectivity index (χ4v) is 2.33. The lowest BCUT2D eigenvalue weighted by molar-refractivity contribution is 0.0745. The van der Waals surface area contributed by atoms with Crippen molar-refractivity contribution in [3.63, 3.8) is 0 Å². The van der Waals surface area contributed by atoms with Gasteiger partial charge in [0, 0.05) is 13.1 Å². The number of rotatable bonds is 1. The van der Waals surface area contributed by atoms with E-state index in [1.807, 2.05) is 24.3 Å². The molecular weight excluding hydrogens is 248 g/mol.